The molecule has 0 atom stereocenters. The number of aromatic nitrogens is 1. The summed E-state index contributed by atoms with van der Waals surface area (Å²) in [5.74, 6) is 0.0434. The first-order valence-corrected chi connectivity index (χ1v) is 8.60. The fourth-order valence-corrected chi connectivity index (χ4v) is 3.66. The number of carbonyl (C=O) groups excluding carboxylic acids is 1. The van der Waals surface area contributed by atoms with Gasteiger partial charge in [0.2, 0.25) is 0 Å². The monoisotopic (exact) mass is 407 g/mol. The molecule has 1 aromatic carbocycles. The smallest absolute Gasteiger partial charge is 0.178 e. The second-order valence-corrected chi connectivity index (χ2v) is 7.08. The van der Waals surface area contributed by atoms with Crippen LogP contribution in [0.4, 0.5) is 0 Å². The van der Waals surface area contributed by atoms with Crippen molar-refractivity contribution in [2.45, 2.75) is 47.5 Å². The normalized spacial score (nSPS) is 10.8. The lowest BCUT2D eigenvalue weighted by atomic mass is 9.94. The lowest BCUT2D eigenvalue weighted by Gasteiger charge is -2.15. The average molecular weight is 407 g/mol. The summed E-state index contributed by atoms with van der Waals surface area (Å²) in [6.07, 6.45) is 3.56. The van der Waals surface area contributed by atoms with E-state index in [4.69, 9.17) is 0 Å². The number of Topliss-reactive ketones (excluding diaryl/α,β-unsaturated/α-hetero) is 1. The van der Waals surface area contributed by atoms with E-state index < -0.39 is 0 Å². The van der Waals surface area contributed by atoms with E-state index in [1.54, 1.807) is 13.1 Å². The first-order valence-electron chi connectivity index (χ1n) is 7.53. The van der Waals surface area contributed by atoms with Crippen LogP contribution in [0.5, 0.6) is 0 Å². The van der Waals surface area contributed by atoms with Gasteiger partial charge in [0.15, 0.2) is 5.78 Å². The number of benzene rings is 1. The van der Waals surface area contributed by atoms with Crippen LogP contribution < -0.4 is 0 Å². The van der Waals surface area contributed by atoms with Gasteiger partial charge in [-0.2, -0.15) is 0 Å². The molecular weight excluding hydrogens is 385 g/mol. The van der Waals surface area contributed by atoms with Crippen LogP contribution in [-0.2, 0) is 12.8 Å². The second kappa shape index (κ2) is 6.90. The van der Waals surface area contributed by atoms with Crippen LogP contribution in [0.15, 0.2) is 18.3 Å². The fourth-order valence-electron chi connectivity index (χ4n) is 2.83. The Hall–Kier alpha value is -1.23. The molecule has 0 radical (unpaired) electrons. The molecule has 3 heteroatoms. The van der Waals surface area contributed by atoms with E-state index in [2.05, 4.69) is 60.5 Å². The van der Waals surface area contributed by atoms with Gasteiger partial charge >= 0.3 is 0 Å². The zero-order chi connectivity index (χ0) is 16.4. The molecule has 116 valence electrons. The molecule has 2 rings (SSSR count). The third kappa shape index (κ3) is 3.57. The highest BCUT2D eigenvalue weighted by atomic mass is 127. The molecular formula is C19H22INO. The van der Waals surface area contributed by atoms with Crippen molar-refractivity contribution in [1.82, 2.24) is 4.98 Å². The van der Waals surface area contributed by atoms with Crippen molar-refractivity contribution in [3.63, 3.8) is 0 Å². The second-order valence-electron chi connectivity index (χ2n) is 6.00. The van der Waals surface area contributed by atoms with Crippen molar-refractivity contribution in [3.8, 4) is 0 Å². The minimum Gasteiger partial charge on any atom is -0.293 e. The van der Waals surface area contributed by atoms with E-state index in [0.717, 1.165) is 24.0 Å². The van der Waals surface area contributed by atoms with Crippen molar-refractivity contribution in [2.75, 3.05) is 0 Å². The van der Waals surface area contributed by atoms with Crippen molar-refractivity contribution in [2.24, 2.45) is 0 Å². The standard InChI is InChI=1S/C19H22INO/c1-11-8-16(19(15(5)22)21-10-11)6-7-17-14(4)12(2)9-13(3)18(17)20/h8-10H,6-7H2,1-5H3. The molecule has 0 N–H and O–H groups in total. The number of hydrogen-bond acceptors (Lipinski definition) is 2. The minimum absolute atomic E-state index is 0.0434. The molecule has 2 nitrogen and oxygen atoms in total. The zero-order valence-electron chi connectivity index (χ0n) is 13.9. The molecule has 22 heavy (non-hydrogen) atoms. The SMILES string of the molecule is CC(=O)c1ncc(C)cc1CCc1c(C)c(C)cc(C)c1I. The molecule has 1 heterocycles. The molecule has 0 saturated carbocycles. The lowest BCUT2D eigenvalue weighted by molar-refractivity contribution is 0.101. The molecule has 0 amide bonds. The number of carbonyl (C=O) groups is 1. The van der Waals surface area contributed by atoms with Gasteiger partial charge in [-0.15, -0.1) is 0 Å². The van der Waals surface area contributed by atoms with Gasteiger partial charge in [0.25, 0.3) is 0 Å². The molecule has 0 fully saturated rings. The average Bonchev–Trinajstić information content (AvgIpc) is 2.45. The Labute approximate surface area is 146 Å². The summed E-state index contributed by atoms with van der Waals surface area (Å²) >= 11 is 2.44. The van der Waals surface area contributed by atoms with Crippen molar-refractivity contribution in [3.05, 3.63) is 61.0 Å². The van der Waals surface area contributed by atoms with Crippen molar-refractivity contribution >= 4 is 28.4 Å². The highest BCUT2D eigenvalue weighted by Gasteiger charge is 2.13. The van der Waals surface area contributed by atoms with Gasteiger partial charge in [-0.25, -0.2) is 0 Å². The number of aryl methyl sites for hydroxylation is 4. The van der Waals surface area contributed by atoms with E-state index >= 15 is 0 Å². The van der Waals surface area contributed by atoms with Crippen LogP contribution in [-0.4, -0.2) is 10.8 Å². The van der Waals surface area contributed by atoms with Crippen LogP contribution in [0, 0.1) is 31.3 Å². The van der Waals surface area contributed by atoms with Crippen LogP contribution in [0.3, 0.4) is 0 Å². The van der Waals surface area contributed by atoms with Crippen LogP contribution in [0.1, 0.15) is 50.8 Å². The molecule has 0 bridgehead atoms. The van der Waals surface area contributed by atoms with Crippen LogP contribution >= 0.6 is 22.6 Å². The summed E-state index contributed by atoms with van der Waals surface area (Å²) in [6.45, 7) is 10.1. The minimum atomic E-state index is 0.0434. The maximum Gasteiger partial charge on any atom is 0.178 e. The quantitative estimate of drug-likeness (QED) is 0.533. The maximum absolute atomic E-state index is 11.8. The Kier molecular flexibility index (Phi) is 5.37. The molecule has 2 aromatic rings. The predicted octanol–water partition coefficient (Wildman–Crippen LogP) is 4.91. The zero-order valence-corrected chi connectivity index (χ0v) is 16.0. The van der Waals surface area contributed by atoms with Gasteiger partial charge in [0.05, 0.1) is 0 Å². The Morgan fingerprint density at radius 1 is 1.09 bits per heavy atom. The van der Waals surface area contributed by atoms with E-state index in [1.165, 1.54) is 25.8 Å². The number of rotatable bonds is 4. The van der Waals surface area contributed by atoms with Gasteiger partial charge in [-0.05, 0) is 96.5 Å². The summed E-state index contributed by atoms with van der Waals surface area (Å²) < 4.78 is 1.34. The Balaban J connectivity index is 2.36. The number of ketones is 1. The van der Waals surface area contributed by atoms with Crippen LogP contribution in [0.2, 0.25) is 0 Å². The molecule has 0 spiro atoms. The summed E-state index contributed by atoms with van der Waals surface area (Å²) in [7, 11) is 0. The van der Waals surface area contributed by atoms with Gasteiger partial charge < -0.3 is 0 Å². The molecule has 0 aliphatic rings. The summed E-state index contributed by atoms with van der Waals surface area (Å²) in [5.41, 5.74) is 8.19. The topological polar surface area (TPSA) is 30.0 Å². The van der Waals surface area contributed by atoms with Crippen molar-refractivity contribution in [1.29, 1.82) is 0 Å². The molecule has 0 aliphatic carbocycles. The molecule has 0 unspecified atom stereocenters. The number of nitrogens with zero attached hydrogens (tertiary/aromatic N) is 1. The van der Waals surface area contributed by atoms with Crippen molar-refractivity contribution < 1.29 is 4.79 Å². The largest absolute Gasteiger partial charge is 0.293 e. The number of pyridine rings is 1. The Bertz CT molecular complexity index is 708. The highest BCUT2D eigenvalue weighted by Crippen LogP contribution is 2.26. The molecule has 1 aromatic heterocycles. The van der Waals surface area contributed by atoms with E-state index in [1.807, 2.05) is 6.92 Å². The number of hydrogen-bond donors (Lipinski definition) is 0. The summed E-state index contributed by atoms with van der Waals surface area (Å²) in [6, 6.07) is 4.34. The third-order valence-electron chi connectivity index (χ3n) is 4.17. The first-order chi connectivity index (χ1) is 10.3. The predicted molar refractivity (Wildman–Crippen MR) is 99.8 cm³/mol. The van der Waals surface area contributed by atoms with Crippen LogP contribution in [0.25, 0.3) is 0 Å². The van der Waals surface area contributed by atoms with Gasteiger partial charge in [0.1, 0.15) is 5.69 Å². The Morgan fingerprint density at radius 3 is 2.41 bits per heavy atom. The Morgan fingerprint density at radius 2 is 1.77 bits per heavy atom. The van der Waals surface area contributed by atoms with Gasteiger partial charge in [0, 0.05) is 16.7 Å². The first kappa shape index (κ1) is 17.1. The van der Waals surface area contributed by atoms with E-state index in [-0.39, 0.29) is 5.78 Å². The third-order valence-corrected chi connectivity index (χ3v) is 5.67. The maximum atomic E-state index is 11.8. The van der Waals surface area contributed by atoms with Gasteiger partial charge in [-0.3, -0.25) is 9.78 Å². The lowest BCUT2D eigenvalue weighted by Crippen LogP contribution is -2.07. The highest BCUT2D eigenvalue weighted by molar-refractivity contribution is 14.1. The summed E-state index contributed by atoms with van der Waals surface area (Å²) in [4.78, 5) is 16.1. The van der Waals surface area contributed by atoms with E-state index in [0.29, 0.717) is 5.69 Å². The fraction of sp³-hybridized carbons (Fsp3) is 0.368. The number of halogens is 1. The molecule has 0 saturated heterocycles. The van der Waals surface area contributed by atoms with E-state index in [9.17, 15) is 4.79 Å². The van der Waals surface area contributed by atoms with Gasteiger partial charge in [-0.1, -0.05) is 12.1 Å². The molecule has 0 aliphatic heterocycles. The summed E-state index contributed by atoms with van der Waals surface area (Å²) in [5, 5.41) is 0.